The molecule has 0 aromatic carbocycles. The first-order chi connectivity index (χ1) is 11.4. The van der Waals surface area contributed by atoms with Crippen LogP contribution in [0.4, 0.5) is 23.1 Å². The highest BCUT2D eigenvalue weighted by Crippen LogP contribution is 2.29. The normalized spacial score (nSPS) is 11.1. The van der Waals surface area contributed by atoms with Crippen LogP contribution in [0, 0.1) is 18.8 Å². The molecule has 2 heterocycles. The molecule has 2 aromatic rings. The van der Waals surface area contributed by atoms with Gasteiger partial charge in [-0.25, -0.2) is 15.0 Å². The molecule has 0 amide bonds. The van der Waals surface area contributed by atoms with E-state index in [0.29, 0.717) is 23.3 Å². The molecule has 0 fully saturated rings. The van der Waals surface area contributed by atoms with E-state index in [1.54, 1.807) is 12.5 Å². The highest BCUT2D eigenvalue weighted by atomic mass is 15.2. The lowest BCUT2D eigenvalue weighted by Crippen LogP contribution is -2.32. The maximum atomic E-state index is 6.36. The predicted octanol–water partition coefficient (Wildman–Crippen LogP) is 3.62. The minimum atomic E-state index is 0.521. The van der Waals surface area contributed by atoms with Gasteiger partial charge < -0.3 is 16.0 Å². The largest absolute Gasteiger partial charge is 0.393 e. The number of nitrogens with one attached hydrogen (secondary N) is 1. The van der Waals surface area contributed by atoms with Crippen molar-refractivity contribution in [2.75, 3.05) is 29.0 Å². The number of nitrogens with two attached hydrogens (primary N) is 1. The molecule has 0 bridgehead atoms. The first-order valence-electron chi connectivity index (χ1n) is 8.42. The van der Waals surface area contributed by atoms with Gasteiger partial charge in [0.15, 0.2) is 11.6 Å². The van der Waals surface area contributed by atoms with Gasteiger partial charge in [0.1, 0.15) is 17.8 Å². The molecule has 0 aliphatic carbocycles. The monoisotopic (exact) mass is 328 g/mol. The molecule has 3 N–H and O–H groups in total. The van der Waals surface area contributed by atoms with Crippen molar-refractivity contribution in [2.45, 2.75) is 34.6 Å². The number of aromatic nitrogens is 3. The summed E-state index contributed by atoms with van der Waals surface area (Å²) in [7, 11) is 0. The van der Waals surface area contributed by atoms with Crippen LogP contribution < -0.4 is 16.0 Å². The number of hydrogen-bond donors (Lipinski definition) is 2. The van der Waals surface area contributed by atoms with Gasteiger partial charge in [-0.3, -0.25) is 0 Å². The van der Waals surface area contributed by atoms with Crippen LogP contribution >= 0.6 is 0 Å². The van der Waals surface area contributed by atoms with Crippen LogP contribution in [0.3, 0.4) is 0 Å². The second kappa shape index (κ2) is 7.95. The van der Waals surface area contributed by atoms with E-state index in [-0.39, 0.29) is 0 Å². The summed E-state index contributed by atoms with van der Waals surface area (Å²) < 4.78 is 0. The van der Waals surface area contributed by atoms with Crippen LogP contribution in [0.15, 0.2) is 24.7 Å². The van der Waals surface area contributed by atoms with Gasteiger partial charge >= 0.3 is 0 Å². The predicted molar refractivity (Wildman–Crippen MR) is 101 cm³/mol. The second-order valence-corrected chi connectivity index (χ2v) is 7.00. The van der Waals surface area contributed by atoms with Crippen molar-refractivity contribution in [1.82, 2.24) is 15.0 Å². The van der Waals surface area contributed by atoms with Crippen molar-refractivity contribution in [2.24, 2.45) is 11.8 Å². The van der Waals surface area contributed by atoms with Gasteiger partial charge in [0.25, 0.3) is 0 Å². The lowest BCUT2D eigenvalue weighted by atomic mass is 10.1. The molecule has 6 nitrogen and oxygen atoms in total. The smallest absolute Gasteiger partial charge is 0.160 e. The third kappa shape index (κ3) is 4.81. The van der Waals surface area contributed by atoms with Crippen LogP contribution in [0.2, 0.25) is 0 Å². The fourth-order valence-corrected chi connectivity index (χ4v) is 2.59. The number of nitrogen functional groups attached to an aromatic ring is 1. The summed E-state index contributed by atoms with van der Waals surface area (Å²) >= 11 is 0. The van der Waals surface area contributed by atoms with Crippen molar-refractivity contribution in [3.63, 3.8) is 0 Å². The molecule has 0 aliphatic rings. The van der Waals surface area contributed by atoms with E-state index >= 15 is 0 Å². The summed E-state index contributed by atoms with van der Waals surface area (Å²) in [6.07, 6.45) is 3.32. The Balaban J connectivity index is 2.30. The molecular formula is C18H28N6. The number of aryl methyl sites for hydroxylation is 1. The molecule has 6 heteroatoms. The molecule has 24 heavy (non-hydrogen) atoms. The topological polar surface area (TPSA) is 80.0 Å². The molecule has 2 aromatic heterocycles. The summed E-state index contributed by atoms with van der Waals surface area (Å²) in [4.78, 5) is 15.3. The number of rotatable bonds is 7. The van der Waals surface area contributed by atoms with E-state index in [1.165, 1.54) is 0 Å². The maximum absolute atomic E-state index is 6.36. The lowest BCUT2D eigenvalue weighted by Gasteiger charge is -2.28. The van der Waals surface area contributed by atoms with Crippen LogP contribution in [-0.2, 0) is 0 Å². The Bertz CT molecular complexity index is 658. The highest BCUT2D eigenvalue weighted by Gasteiger charge is 2.17. The number of anilines is 4. The first-order valence-corrected chi connectivity index (χ1v) is 8.42. The molecule has 2 rings (SSSR count). The van der Waals surface area contributed by atoms with Gasteiger partial charge in [-0.15, -0.1) is 0 Å². The summed E-state index contributed by atoms with van der Waals surface area (Å²) in [5, 5.41) is 3.20. The zero-order valence-electron chi connectivity index (χ0n) is 15.2. The van der Waals surface area contributed by atoms with Crippen LogP contribution in [-0.4, -0.2) is 28.0 Å². The lowest BCUT2D eigenvalue weighted by molar-refractivity contribution is 0.549. The van der Waals surface area contributed by atoms with E-state index in [9.17, 15) is 0 Å². The van der Waals surface area contributed by atoms with Gasteiger partial charge in [-0.05, 0) is 36.5 Å². The Morgan fingerprint density at radius 3 is 2.33 bits per heavy atom. The van der Waals surface area contributed by atoms with Crippen molar-refractivity contribution in [1.29, 1.82) is 0 Å². The van der Waals surface area contributed by atoms with E-state index in [4.69, 9.17) is 5.73 Å². The average Bonchev–Trinajstić information content (AvgIpc) is 2.48. The zero-order valence-corrected chi connectivity index (χ0v) is 15.2. The molecular weight excluding hydrogens is 300 g/mol. The van der Waals surface area contributed by atoms with Gasteiger partial charge in [0, 0.05) is 19.3 Å². The standard InChI is InChI=1S/C18H28N6/c1-12(2)9-24(10-13(3)4)18-16(19)17(21-11-22-18)23-15-8-14(5)6-7-20-15/h6-8,11-13H,9-10,19H2,1-5H3,(H,20,21,22,23). The Morgan fingerprint density at radius 1 is 1.08 bits per heavy atom. The first kappa shape index (κ1) is 18.0. The van der Waals surface area contributed by atoms with Crippen LogP contribution in [0.5, 0.6) is 0 Å². The molecule has 130 valence electrons. The summed E-state index contributed by atoms with van der Waals surface area (Å²) in [5.74, 6) is 3.14. The molecule has 0 radical (unpaired) electrons. The SMILES string of the molecule is Cc1ccnc(Nc2ncnc(N(CC(C)C)CC(C)C)c2N)c1. The van der Waals surface area contributed by atoms with Gasteiger partial charge in [-0.2, -0.15) is 0 Å². The molecule has 0 saturated heterocycles. The van der Waals surface area contributed by atoms with E-state index in [2.05, 4.69) is 52.9 Å². The average molecular weight is 328 g/mol. The van der Waals surface area contributed by atoms with E-state index in [1.807, 2.05) is 19.1 Å². The van der Waals surface area contributed by atoms with Gasteiger partial charge in [-0.1, -0.05) is 27.7 Å². The van der Waals surface area contributed by atoms with Crippen molar-refractivity contribution >= 4 is 23.1 Å². The Labute approximate surface area is 144 Å². The van der Waals surface area contributed by atoms with Crippen LogP contribution in [0.1, 0.15) is 33.3 Å². The minimum Gasteiger partial charge on any atom is -0.393 e. The van der Waals surface area contributed by atoms with Gasteiger partial charge in [0.2, 0.25) is 0 Å². The van der Waals surface area contributed by atoms with Crippen LogP contribution in [0.25, 0.3) is 0 Å². The number of pyridine rings is 1. The Hall–Kier alpha value is -2.37. The molecule has 0 unspecified atom stereocenters. The fraction of sp³-hybridized carbons (Fsp3) is 0.500. The maximum Gasteiger partial charge on any atom is 0.160 e. The van der Waals surface area contributed by atoms with Crippen molar-refractivity contribution in [3.05, 3.63) is 30.2 Å². The molecule has 0 aliphatic heterocycles. The molecule has 0 saturated carbocycles. The van der Waals surface area contributed by atoms with Crippen molar-refractivity contribution in [3.8, 4) is 0 Å². The third-order valence-corrected chi connectivity index (χ3v) is 3.50. The van der Waals surface area contributed by atoms with E-state index < -0.39 is 0 Å². The number of hydrogen-bond acceptors (Lipinski definition) is 6. The Kier molecular flexibility index (Phi) is 5.95. The quantitative estimate of drug-likeness (QED) is 0.808. The minimum absolute atomic E-state index is 0.521. The van der Waals surface area contributed by atoms with Crippen molar-refractivity contribution < 1.29 is 0 Å². The Morgan fingerprint density at radius 2 is 1.75 bits per heavy atom. The number of nitrogens with zero attached hydrogens (tertiary/aromatic N) is 4. The summed E-state index contributed by atoms with van der Waals surface area (Å²) in [6, 6.07) is 3.91. The molecule has 0 spiro atoms. The molecule has 0 atom stereocenters. The zero-order chi connectivity index (χ0) is 17.7. The fourth-order valence-electron chi connectivity index (χ4n) is 2.59. The van der Waals surface area contributed by atoms with Gasteiger partial charge in [0.05, 0.1) is 0 Å². The third-order valence-electron chi connectivity index (χ3n) is 3.50. The van der Waals surface area contributed by atoms with E-state index in [0.717, 1.165) is 30.3 Å². The summed E-state index contributed by atoms with van der Waals surface area (Å²) in [5.41, 5.74) is 8.05. The second-order valence-electron chi connectivity index (χ2n) is 7.00. The highest BCUT2D eigenvalue weighted by molar-refractivity contribution is 5.77. The summed E-state index contributed by atoms with van der Waals surface area (Å²) in [6.45, 7) is 12.6.